The molecule has 0 aromatic heterocycles. The van der Waals surface area contributed by atoms with E-state index in [4.69, 9.17) is 22.1 Å². The normalized spacial score (nSPS) is 15.3. The Labute approximate surface area is 155 Å². The Bertz CT molecular complexity index is 707. The molecular formula is C21H26ClNO2. The van der Waals surface area contributed by atoms with Crippen LogP contribution in [0, 0.1) is 5.41 Å². The zero-order valence-electron chi connectivity index (χ0n) is 15.3. The molecule has 2 aromatic rings. The van der Waals surface area contributed by atoms with Gasteiger partial charge in [0, 0.05) is 11.1 Å². The van der Waals surface area contributed by atoms with Crippen molar-refractivity contribution in [1.82, 2.24) is 0 Å². The first-order valence-electron chi connectivity index (χ1n) is 8.40. The third-order valence-electron chi connectivity index (χ3n) is 4.19. The van der Waals surface area contributed by atoms with Gasteiger partial charge in [-0.1, -0.05) is 54.1 Å². The number of benzene rings is 2. The second-order valence-electron chi connectivity index (χ2n) is 7.61. The monoisotopic (exact) mass is 359 g/mol. The van der Waals surface area contributed by atoms with E-state index in [1.807, 2.05) is 70.2 Å². The average molecular weight is 360 g/mol. The molecule has 0 fully saturated rings. The van der Waals surface area contributed by atoms with Crippen molar-refractivity contribution < 1.29 is 9.53 Å². The molecule has 0 radical (unpaired) electrons. The van der Waals surface area contributed by atoms with Crippen LogP contribution in [0.25, 0.3) is 0 Å². The number of hydrogen-bond donors (Lipinski definition) is 1. The van der Waals surface area contributed by atoms with Gasteiger partial charge >= 0.3 is 5.97 Å². The molecule has 3 nitrogen and oxygen atoms in total. The largest absolute Gasteiger partial charge is 0.459 e. The van der Waals surface area contributed by atoms with Gasteiger partial charge in [0.2, 0.25) is 0 Å². The van der Waals surface area contributed by atoms with E-state index in [0.717, 1.165) is 11.1 Å². The van der Waals surface area contributed by atoms with E-state index in [9.17, 15) is 4.79 Å². The number of nitrogens with two attached hydrogens (primary N) is 1. The van der Waals surface area contributed by atoms with Gasteiger partial charge in [0.1, 0.15) is 5.60 Å². The molecule has 0 aliphatic carbocycles. The zero-order chi connectivity index (χ0) is 18.7. The lowest BCUT2D eigenvalue weighted by Gasteiger charge is -2.36. The number of hydrogen-bond acceptors (Lipinski definition) is 3. The van der Waals surface area contributed by atoms with Gasteiger partial charge in [-0.05, 0) is 57.4 Å². The molecule has 0 heterocycles. The van der Waals surface area contributed by atoms with E-state index in [1.165, 1.54) is 0 Å². The third kappa shape index (κ3) is 5.07. The fourth-order valence-electron chi connectivity index (χ4n) is 2.76. The summed E-state index contributed by atoms with van der Waals surface area (Å²) in [5.41, 5.74) is 6.97. The summed E-state index contributed by atoms with van der Waals surface area (Å²) in [6.45, 7) is 7.46. The first kappa shape index (κ1) is 19.5. The van der Waals surface area contributed by atoms with Crippen molar-refractivity contribution in [2.75, 3.05) is 0 Å². The Morgan fingerprint density at radius 2 is 1.60 bits per heavy atom. The Balaban J connectivity index is 2.39. The molecule has 2 rings (SSSR count). The maximum atomic E-state index is 13.0. The SMILES string of the molecule is CC(C)(C)OC(=O)[C@](C)(Cc1ccccc1)[C@H](N)c1ccc(Cl)cc1. The molecule has 25 heavy (non-hydrogen) atoms. The summed E-state index contributed by atoms with van der Waals surface area (Å²) >= 11 is 5.98. The highest BCUT2D eigenvalue weighted by molar-refractivity contribution is 6.30. The van der Waals surface area contributed by atoms with Crippen LogP contribution < -0.4 is 5.73 Å². The Morgan fingerprint density at radius 1 is 1.04 bits per heavy atom. The number of halogens is 1. The van der Waals surface area contributed by atoms with Crippen LogP contribution in [0.15, 0.2) is 54.6 Å². The summed E-state index contributed by atoms with van der Waals surface area (Å²) in [5.74, 6) is -0.300. The van der Waals surface area contributed by atoms with Crippen molar-refractivity contribution in [3.8, 4) is 0 Å². The number of carbonyl (C=O) groups excluding carboxylic acids is 1. The predicted octanol–water partition coefficient (Wildman–Crippen LogP) is 4.93. The van der Waals surface area contributed by atoms with Crippen molar-refractivity contribution in [1.29, 1.82) is 0 Å². The molecule has 0 bridgehead atoms. The fourth-order valence-corrected chi connectivity index (χ4v) is 2.89. The molecule has 0 saturated heterocycles. The summed E-state index contributed by atoms with van der Waals surface area (Å²) in [7, 11) is 0. The number of ether oxygens (including phenoxy) is 1. The van der Waals surface area contributed by atoms with Crippen LogP contribution in [-0.2, 0) is 16.0 Å². The van der Waals surface area contributed by atoms with Crippen LogP contribution in [-0.4, -0.2) is 11.6 Å². The first-order valence-corrected chi connectivity index (χ1v) is 8.78. The van der Waals surface area contributed by atoms with E-state index >= 15 is 0 Å². The van der Waals surface area contributed by atoms with Gasteiger partial charge in [-0.25, -0.2) is 0 Å². The second-order valence-corrected chi connectivity index (χ2v) is 8.05. The van der Waals surface area contributed by atoms with Crippen LogP contribution in [0.4, 0.5) is 0 Å². The van der Waals surface area contributed by atoms with Crippen LogP contribution in [0.1, 0.15) is 44.9 Å². The molecule has 2 aromatic carbocycles. The smallest absolute Gasteiger partial charge is 0.314 e. The van der Waals surface area contributed by atoms with Gasteiger partial charge in [-0.3, -0.25) is 4.79 Å². The molecule has 0 amide bonds. The summed E-state index contributed by atoms with van der Waals surface area (Å²) in [5, 5.41) is 0.637. The van der Waals surface area contributed by atoms with E-state index in [0.29, 0.717) is 11.4 Å². The van der Waals surface area contributed by atoms with Gasteiger partial charge in [-0.15, -0.1) is 0 Å². The molecule has 0 aliphatic heterocycles. The predicted molar refractivity (Wildman–Crippen MR) is 102 cm³/mol. The topological polar surface area (TPSA) is 52.3 Å². The molecule has 0 spiro atoms. The third-order valence-corrected chi connectivity index (χ3v) is 4.45. The molecular weight excluding hydrogens is 334 g/mol. The highest BCUT2D eigenvalue weighted by Crippen LogP contribution is 2.38. The highest BCUT2D eigenvalue weighted by Gasteiger charge is 2.43. The van der Waals surface area contributed by atoms with Crippen LogP contribution in [0.3, 0.4) is 0 Å². The van der Waals surface area contributed by atoms with Crippen molar-refractivity contribution in [3.05, 3.63) is 70.7 Å². The van der Waals surface area contributed by atoms with Crippen molar-refractivity contribution in [2.45, 2.75) is 45.8 Å². The number of carbonyl (C=O) groups is 1. The molecule has 0 aliphatic rings. The van der Waals surface area contributed by atoms with Gasteiger partial charge in [0.05, 0.1) is 5.41 Å². The van der Waals surface area contributed by atoms with Crippen LogP contribution in [0.5, 0.6) is 0 Å². The minimum atomic E-state index is -0.900. The Morgan fingerprint density at radius 3 is 2.12 bits per heavy atom. The van der Waals surface area contributed by atoms with E-state index in [1.54, 1.807) is 12.1 Å². The summed E-state index contributed by atoms with van der Waals surface area (Å²) in [6.07, 6.45) is 0.493. The summed E-state index contributed by atoms with van der Waals surface area (Å²) in [6, 6.07) is 16.6. The first-order chi connectivity index (χ1) is 11.6. The molecule has 2 atom stereocenters. The van der Waals surface area contributed by atoms with Crippen molar-refractivity contribution in [2.24, 2.45) is 11.1 Å². The minimum absolute atomic E-state index is 0.300. The maximum absolute atomic E-state index is 13.0. The van der Waals surface area contributed by atoms with Crippen LogP contribution >= 0.6 is 11.6 Å². The lowest BCUT2D eigenvalue weighted by Crippen LogP contribution is -2.44. The van der Waals surface area contributed by atoms with E-state index < -0.39 is 17.1 Å². The standard InChI is InChI=1S/C21H26ClNO2/c1-20(2,3)25-19(24)21(4,14-15-8-6-5-7-9-15)18(23)16-10-12-17(22)13-11-16/h5-13,18H,14,23H2,1-4H3/t18-,21-/m1/s1. The molecule has 0 unspecified atom stereocenters. The Hall–Kier alpha value is -1.84. The number of rotatable bonds is 5. The summed E-state index contributed by atoms with van der Waals surface area (Å²) < 4.78 is 5.70. The van der Waals surface area contributed by atoms with Crippen LogP contribution in [0.2, 0.25) is 5.02 Å². The quantitative estimate of drug-likeness (QED) is 0.770. The average Bonchev–Trinajstić information content (AvgIpc) is 2.54. The molecule has 0 saturated carbocycles. The Kier molecular flexibility index (Phi) is 5.91. The van der Waals surface area contributed by atoms with Gasteiger partial charge in [0.15, 0.2) is 0 Å². The van der Waals surface area contributed by atoms with Crippen molar-refractivity contribution >= 4 is 17.6 Å². The van der Waals surface area contributed by atoms with E-state index in [-0.39, 0.29) is 5.97 Å². The fraction of sp³-hybridized carbons (Fsp3) is 0.381. The second kappa shape index (κ2) is 7.59. The number of esters is 1. The molecule has 2 N–H and O–H groups in total. The van der Waals surface area contributed by atoms with Gasteiger partial charge in [0.25, 0.3) is 0 Å². The lowest BCUT2D eigenvalue weighted by molar-refractivity contribution is -0.168. The van der Waals surface area contributed by atoms with Gasteiger partial charge in [-0.2, -0.15) is 0 Å². The summed E-state index contributed by atoms with van der Waals surface area (Å²) in [4.78, 5) is 13.0. The van der Waals surface area contributed by atoms with Crippen molar-refractivity contribution in [3.63, 3.8) is 0 Å². The van der Waals surface area contributed by atoms with E-state index in [2.05, 4.69) is 0 Å². The molecule has 4 heteroatoms. The minimum Gasteiger partial charge on any atom is -0.459 e. The molecule has 134 valence electrons. The zero-order valence-corrected chi connectivity index (χ0v) is 16.0. The maximum Gasteiger partial charge on any atom is 0.314 e. The van der Waals surface area contributed by atoms with Gasteiger partial charge < -0.3 is 10.5 Å². The lowest BCUT2D eigenvalue weighted by atomic mass is 9.74. The highest BCUT2D eigenvalue weighted by atomic mass is 35.5.